The van der Waals surface area contributed by atoms with Gasteiger partial charge in [-0.25, -0.2) is 0 Å². The van der Waals surface area contributed by atoms with Crippen molar-refractivity contribution in [3.63, 3.8) is 0 Å². The minimum Gasteiger partial charge on any atom is -0.455 e. The first-order valence-electron chi connectivity index (χ1n) is 11.0. The number of nitrogens with one attached hydrogen (secondary N) is 1. The first kappa shape index (κ1) is 22.0. The number of ether oxygens (including phenoxy) is 1. The molecule has 8 nitrogen and oxygen atoms in total. The fourth-order valence-corrected chi connectivity index (χ4v) is 3.53. The molecule has 168 valence electrons. The van der Waals surface area contributed by atoms with Crippen molar-refractivity contribution >= 4 is 11.6 Å². The van der Waals surface area contributed by atoms with E-state index in [4.69, 9.17) is 9.26 Å². The van der Waals surface area contributed by atoms with E-state index in [1.807, 2.05) is 68.4 Å². The Balaban J connectivity index is 1.26. The van der Waals surface area contributed by atoms with Gasteiger partial charge in [-0.1, -0.05) is 49.3 Å². The lowest BCUT2D eigenvalue weighted by molar-refractivity contribution is -0.117. The number of carbonyl (C=O) groups is 1. The first-order chi connectivity index (χ1) is 15.6. The van der Waals surface area contributed by atoms with Gasteiger partial charge in [0.2, 0.25) is 11.8 Å². The lowest BCUT2D eigenvalue weighted by Crippen LogP contribution is -2.48. The Morgan fingerprint density at radius 3 is 2.44 bits per heavy atom. The molecule has 1 amide bonds. The fourth-order valence-electron chi connectivity index (χ4n) is 3.53. The van der Waals surface area contributed by atoms with Crippen molar-refractivity contribution in [2.45, 2.75) is 26.3 Å². The largest absolute Gasteiger partial charge is 0.455 e. The second-order valence-electron chi connectivity index (χ2n) is 8.21. The highest BCUT2D eigenvalue weighted by atomic mass is 16.5. The van der Waals surface area contributed by atoms with Gasteiger partial charge in [0.15, 0.2) is 11.6 Å². The van der Waals surface area contributed by atoms with Gasteiger partial charge in [-0.05, 0) is 24.3 Å². The summed E-state index contributed by atoms with van der Waals surface area (Å²) in [6, 6.07) is 17.0. The van der Waals surface area contributed by atoms with E-state index in [0.29, 0.717) is 30.4 Å². The third-order valence-electron chi connectivity index (χ3n) is 5.32. The number of para-hydroxylation sites is 3. The van der Waals surface area contributed by atoms with Gasteiger partial charge < -0.3 is 14.6 Å². The molecule has 8 heteroatoms. The van der Waals surface area contributed by atoms with E-state index in [9.17, 15) is 4.79 Å². The summed E-state index contributed by atoms with van der Waals surface area (Å²) in [7, 11) is 0. The number of rotatable bonds is 8. The summed E-state index contributed by atoms with van der Waals surface area (Å²) in [5, 5.41) is 7.01. The molecule has 1 aliphatic heterocycles. The fraction of sp³-hybridized carbons (Fsp3) is 0.375. The summed E-state index contributed by atoms with van der Waals surface area (Å²) in [6.45, 7) is 8.38. The molecule has 3 aromatic rings. The first-order valence-corrected chi connectivity index (χ1v) is 11.0. The highest BCUT2D eigenvalue weighted by molar-refractivity contribution is 5.93. The van der Waals surface area contributed by atoms with Gasteiger partial charge in [-0.15, -0.1) is 0 Å². The van der Waals surface area contributed by atoms with Gasteiger partial charge in [0.25, 0.3) is 0 Å². The number of carbonyl (C=O) groups excluding carboxylic acids is 1. The van der Waals surface area contributed by atoms with Crippen LogP contribution in [0.15, 0.2) is 59.1 Å². The van der Waals surface area contributed by atoms with E-state index in [1.54, 1.807) is 0 Å². The highest BCUT2D eigenvalue weighted by Crippen LogP contribution is 2.29. The summed E-state index contributed by atoms with van der Waals surface area (Å²) in [5.41, 5.74) is 0.664. The molecule has 0 atom stereocenters. The predicted molar refractivity (Wildman–Crippen MR) is 122 cm³/mol. The van der Waals surface area contributed by atoms with Crippen LogP contribution >= 0.6 is 0 Å². The van der Waals surface area contributed by atoms with Crippen LogP contribution in [0.1, 0.15) is 31.5 Å². The minimum absolute atomic E-state index is 0.0546. The zero-order valence-electron chi connectivity index (χ0n) is 18.5. The number of aromatic nitrogens is 2. The molecule has 1 aliphatic rings. The third kappa shape index (κ3) is 5.93. The molecular formula is C24H29N5O3. The topological polar surface area (TPSA) is 83.7 Å². The Bertz CT molecular complexity index is 1010. The Hall–Kier alpha value is -3.23. The van der Waals surface area contributed by atoms with Crippen LogP contribution < -0.4 is 10.1 Å². The molecule has 1 fully saturated rings. The summed E-state index contributed by atoms with van der Waals surface area (Å²) in [6.07, 6.45) is 0. The smallest absolute Gasteiger partial charge is 0.240 e. The Morgan fingerprint density at radius 2 is 1.72 bits per heavy atom. The van der Waals surface area contributed by atoms with Gasteiger partial charge in [0.05, 0.1) is 18.8 Å². The maximum absolute atomic E-state index is 12.7. The van der Waals surface area contributed by atoms with Crippen LogP contribution in [0, 0.1) is 0 Å². The monoisotopic (exact) mass is 435 g/mol. The number of hydrogen-bond donors (Lipinski definition) is 1. The number of nitrogens with zero attached hydrogens (tertiary/aromatic N) is 4. The van der Waals surface area contributed by atoms with Gasteiger partial charge in [0, 0.05) is 32.1 Å². The zero-order valence-corrected chi connectivity index (χ0v) is 18.5. The zero-order chi connectivity index (χ0) is 22.3. The summed E-state index contributed by atoms with van der Waals surface area (Å²) < 4.78 is 11.3. The molecule has 1 saturated heterocycles. The molecule has 0 aliphatic carbocycles. The Kier molecular flexibility index (Phi) is 7.14. The molecule has 0 saturated carbocycles. The number of anilines is 1. The Labute approximate surface area is 188 Å². The van der Waals surface area contributed by atoms with Crippen molar-refractivity contribution in [1.29, 1.82) is 0 Å². The predicted octanol–water partition coefficient (Wildman–Crippen LogP) is 3.74. The summed E-state index contributed by atoms with van der Waals surface area (Å²) in [4.78, 5) is 21.5. The van der Waals surface area contributed by atoms with Gasteiger partial charge in [-0.3, -0.25) is 14.6 Å². The maximum atomic E-state index is 12.7. The maximum Gasteiger partial charge on any atom is 0.240 e. The lowest BCUT2D eigenvalue weighted by Gasteiger charge is -2.33. The number of benzene rings is 2. The molecule has 0 bridgehead atoms. The van der Waals surface area contributed by atoms with E-state index in [1.165, 1.54) is 0 Å². The molecule has 0 spiro atoms. The van der Waals surface area contributed by atoms with Crippen molar-refractivity contribution in [1.82, 2.24) is 19.9 Å². The second-order valence-corrected chi connectivity index (χ2v) is 8.21. The molecular weight excluding hydrogens is 406 g/mol. The quantitative estimate of drug-likeness (QED) is 0.577. The van der Waals surface area contributed by atoms with Gasteiger partial charge in [-0.2, -0.15) is 4.98 Å². The van der Waals surface area contributed by atoms with Crippen molar-refractivity contribution in [3.05, 3.63) is 66.3 Å². The van der Waals surface area contributed by atoms with Gasteiger partial charge in [0.1, 0.15) is 5.75 Å². The van der Waals surface area contributed by atoms with E-state index < -0.39 is 0 Å². The molecule has 32 heavy (non-hydrogen) atoms. The van der Waals surface area contributed by atoms with Crippen molar-refractivity contribution in [3.8, 4) is 11.5 Å². The van der Waals surface area contributed by atoms with Crippen molar-refractivity contribution < 1.29 is 14.1 Å². The molecule has 2 heterocycles. The van der Waals surface area contributed by atoms with E-state index in [-0.39, 0.29) is 11.8 Å². The van der Waals surface area contributed by atoms with Crippen LogP contribution in [-0.4, -0.2) is 58.6 Å². The minimum atomic E-state index is -0.0546. The summed E-state index contributed by atoms with van der Waals surface area (Å²) >= 11 is 0. The molecule has 0 radical (unpaired) electrons. The van der Waals surface area contributed by atoms with Crippen LogP contribution in [0.5, 0.6) is 11.5 Å². The van der Waals surface area contributed by atoms with E-state index in [0.717, 1.165) is 37.8 Å². The van der Waals surface area contributed by atoms with Crippen LogP contribution in [0.25, 0.3) is 0 Å². The molecule has 1 N–H and O–H groups in total. The second kappa shape index (κ2) is 10.4. The van der Waals surface area contributed by atoms with Crippen LogP contribution in [0.2, 0.25) is 0 Å². The molecule has 1 aromatic heterocycles. The average molecular weight is 436 g/mol. The van der Waals surface area contributed by atoms with Gasteiger partial charge >= 0.3 is 0 Å². The SMILES string of the molecule is CC(C)c1noc(CN2CCN(CC(=O)Nc3ccccc3Oc3ccccc3)CC2)n1. The third-order valence-corrected chi connectivity index (χ3v) is 5.32. The normalized spacial score (nSPS) is 15.1. The highest BCUT2D eigenvalue weighted by Gasteiger charge is 2.21. The van der Waals surface area contributed by atoms with E-state index in [2.05, 4.69) is 25.3 Å². The number of piperazine rings is 1. The van der Waals surface area contributed by atoms with Crippen LogP contribution in [-0.2, 0) is 11.3 Å². The van der Waals surface area contributed by atoms with Crippen molar-refractivity contribution in [2.75, 3.05) is 38.0 Å². The molecule has 0 unspecified atom stereocenters. The lowest BCUT2D eigenvalue weighted by atomic mass is 10.2. The number of amides is 1. The number of hydrogen-bond acceptors (Lipinski definition) is 7. The van der Waals surface area contributed by atoms with Crippen molar-refractivity contribution in [2.24, 2.45) is 0 Å². The average Bonchev–Trinajstić information content (AvgIpc) is 3.26. The Morgan fingerprint density at radius 1 is 1.03 bits per heavy atom. The van der Waals surface area contributed by atoms with Crippen LogP contribution in [0.4, 0.5) is 5.69 Å². The molecule has 4 rings (SSSR count). The van der Waals surface area contributed by atoms with E-state index >= 15 is 0 Å². The molecule has 2 aromatic carbocycles. The summed E-state index contributed by atoms with van der Waals surface area (Å²) in [5.74, 6) is 2.94. The van der Waals surface area contributed by atoms with Crippen LogP contribution in [0.3, 0.4) is 0 Å². The standard InChI is InChI=1S/C24H29N5O3/c1-18(2)24-26-23(32-27-24)17-29-14-12-28(13-15-29)16-22(30)25-20-10-6-7-11-21(20)31-19-8-4-3-5-9-19/h3-11,18H,12-17H2,1-2H3,(H,25,30).